The van der Waals surface area contributed by atoms with Gasteiger partial charge in [-0.25, -0.2) is 4.79 Å². The quantitative estimate of drug-likeness (QED) is 0.738. The second-order valence-corrected chi connectivity index (χ2v) is 7.58. The van der Waals surface area contributed by atoms with Gasteiger partial charge in [-0.2, -0.15) is 0 Å². The molecule has 1 amide bonds. The first-order chi connectivity index (χ1) is 9.67. The van der Waals surface area contributed by atoms with Crippen LogP contribution in [0.4, 0.5) is 4.79 Å². The molecule has 2 rings (SSSR count). The summed E-state index contributed by atoms with van der Waals surface area (Å²) in [7, 11) is 0. The molecule has 4 nitrogen and oxygen atoms in total. The number of carbonyl (C=O) groups is 1. The van der Waals surface area contributed by atoms with Gasteiger partial charge >= 0.3 is 6.09 Å². The number of halogens is 2. The number of hydrogen-bond donors (Lipinski definition) is 1. The Hall–Kier alpha value is -0.780. The van der Waals surface area contributed by atoms with Gasteiger partial charge in [-0.15, -0.1) is 0 Å². The normalized spacial score (nSPS) is 19.0. The lowest BCUT2D eigenvalue weighted by atomic mass is 10.0. The number of nitrogens with two attached hydrogens (primary N) is 1. The number of ether oxygens (including phenoxy) is 1. The molecule has 1 aromatic carbocycles. The largest absolute Gasteiger partial charge is 0.444 e. The zero-order chi connectivity index (χ0) is 15.8. The molecule has 0 spiro atoms. The molecule has 0 radical (unpaired) electrons. The number of benzene rings is 1. The molecule has 1 aliphatic rings. The minimum atomic E-state index is -0.516. The fraction of sp³-hybridized carbons (Fsp3) is 0.533. The Morgan fingerprint density at radius 1 is 1.48 bits per heavy atom. The smallest absolute Gasteiger partial charge is 0.410 e. The molecule has 0 aliphatic carbocycles. The third-order valence-corrected chi connectivity index (χ3v) is 4.10. The van der Waals surface area contributed by atoms with Gasteiger partial charge < -0.3 is 15.4 Å². The van der Waals surface area contributed by atoms with Crippen molar-refractivity contribution in [3.05, 3.63) is 32.8 Å². The van der Waals surface area contributed by atoms with Crippen molar-refractivity contribution >= 4 is 33.6 Å². The van der Waals surface area contributed by atoms with Crippen LogP contribution in [0.1, 0.15) is 44.4 Å². The molecule has 0 unspecified atom stereocenters. The van der Waals surface area contributed by atoms with Crippen molar-refractivity contribution in [3.63, 3.8) is 0 Å². The van der Waals surface area contributed by atoms with Crippen molar-refractivity contribution < 1.29 is 9.53 Å². The Kier molecular flexibility index (Phi) is 4.85. The van der Waals surface area contributed by atoms with Crippen LogP contribution in [0.25, 0.3) is 0 Å². The van der Waals surface area contributed by atoms with Crippen LogP contribution in [0.2, 0.25) is 5.02 Å². The predicted octanol–water partition coefficient (Wildman–Crippen LogP) is 4.24. The van der Waals surface area contributed by atoms with E-state index in [2.05, 4.69) is 15.9 Å². The topological polar surface area (TPSA) is 55.6 Å². The number of amides is 1. The Morgan fingerprint density at radius 3 is 2.76 bits per heavy atom. The van der Waals surface area contributed by atoms with E-state index in [4.69, 9.17) is 22.1 Å². The molecule has 0 saturated heterocycles. The monoisotopic (exact) mass is 374 g/mol. The molecule has 0 saturated carbocycles. The van der Waals surface area contributed by atoms with Gasteiger partial charge in [0.25, 0.3) is 0 Å². The second-order valence-electron chi connectivity index (χ2n) is 6.25. The molecule has 1 atom stereocenters. The first-order valence-corrected chi connectivity index (χ1v) is 8.06. The van der Waals surface area contributed by atoms with Crippen LogP contribution >= 0.6 is 27.5 Å². The SMILES string of the molecule is CC(C)(C)OC(=O)N1CC[C@@H](N)c2cc(Br)cc(Cl)c2C1. The second kappa shape index (κ2) is 6.15. The lowest BCUT2D eigenvalue weighted by Gasteiger charge is -2.26. The van der Waals surface area contributed by atoms with Crippen molar-refractivity contribution in [1.29, 1.82) is 0 Å². The molecule has 116 valence electrons. The fourth-order valence-corrected chi connectivity index (χ4v) is 3.22. The summed E-state index contributed by atoms with van der Waals surface area (Å²) in [4.78, 5) is 13.9. The fourth-order valence-electron chi connectivity index (χ4n) is 2.32. The van der Waals surface area contributed by atoms with Gasteiger partial charge in [-0.1, -0.05) is 27.5 Å². The van der Waals surface area contributed by atoms with Gasteiger partial charge in [-0.3, -0.25) is 0 Å². The summed E-state index contributed by atoms with van der Waals surface area (Å²) in [6.07, 6.45) is 0.348. The van der Waals surface area contributed by atoms with Gasteiger partial charge in [0.1, 0.15) is 5.60 Å². The zero-order valence-electron chi connectivity index (χ0n) is 12.5. The number of fused-ring (bicyclic) bond motifs is 1. The number of rotatable bonds is 0. The Morgan fingerprint density at radius 2 is 2.14 bits per heavy atom. The van der Waals surface area contributed by atoms with Crippen molar-refractivity contribution in [3.8, 4) is 0 Å². The zero-order valence-corrected chi connectivity index (χ0v) is 14.8. The molecule has 1 heterocycles. The Bertz CT molecular complexity index is 557. The average Bonchev–Trinajstić information content (AvgIpc) is 2.48. The standard InChI is InChI=1S/C15H20BrClN2O2/c1-15(2,3)21-14(20)19-5-4-13(18)10-6-9(16)7-12(17)11(10)8-19/h6-7,13H,4-5,8,18H2,1-3H3/t13-/m1/s1. The summed E-state index contributed by atoms with van der Waals surface area (Å²) >= 11 is 9.76. The third kappa shape index (κ3) is 4.11. The summed E-state index contributed by atoms with van der Waals surface area (Å²) in [6.45, 7) is 6.54. The van der Waals surface area contributed by atoms with Crippen LogP contribution in [0, 0.1) is 0 Å². The molecule has 2 N–H and O–H groups in total. The summed E-state index contributed by atoms with van der Waals surface area (Å²) in [5, 5.41) is 0.616. The van der Waals surface area contributed by atoms with E-state index in [1.165, 1.54) is 0 Å². The lowest BCUT2D eigenvalue weighted by molar-refractivity contribution is 0.0235. The van der Waals surface area contributed by atoms with E-state index in [-0.39, 0.29) is 12.1 Å². The maximum Gasteiger partial charge on any atom is 0.410 e. The summed E-state index contributed by atoms with van der Waals surface area (Å²) < 4.78 is 6.34. The Balaban J connectivity index is 2.29. The minimum absolute atomic E-state index is 0.137. The van der Waals surface area contributed by atoms with Crippen LogP contribution < -0.4 is 5.73 Å². The van der Waals surface area contributed by atoms with Crippen LogP contribution in [-0.4, -0.2) is 23.1 Å². The minimum Gasteiger partial charge on any atom is -0.444 e. The van der Waals surface area contributed by atoms with E-state index in [1.807, 2.05) is 32.9 Å². The van der Waals surface area contributed by atoms with E-state index in [1.54, 1.807) is 4.90 Å². The number of nitrogens with zero attached hydrogens (tertiary/aromatic N) is 1. The maximum atomic E-state index is 12.3. The lowest BCUT2D eigenvalue weighted by Crippen LogP contribution is -2.36. The van der Waals surface area contributed by atoms with E-state index in [9.17, 15) is 4.79 Å². The first-order valence-electron chi connectivity index (χ1n) is 6.88. The molecule has 6 heteroatoms. The highest BCUT2D eigenvalue weighted by molar-refractivity contribution is 9.10. The maximum absolute atomic E-state index is 12.3. The third-order valence-electron chi connectivity index (χ3n) is 3.30. The van der Waals surface area contributed by atoms with E-state index in [0.29, 0.717) is 24.5 Å². The van der Waals surface area contributed by atoms with E-state index >= 15 is 0 Å². The van der Waals surface area contributed by atoms with Crippen LogP contribution in [0.5, 0.6) is 0 Å². The molecule has 1 aromatic rings. The van der Waals surface area contributed by atoms with Crippen molar-refractivity contribution in [2.45, 2.75) is 45.4 Å². The molecular formula is C15H20BrClN2O2. The summed E-state index contributed by atoms with van der Waals surface area (Å²) in [5.74, 6) is 0. The molecule has 1 aliphatic heterocycles. The number of hydrogen-bond acceptors (Lipinski definition) is 3. The molecule has 0 bridgehead atoms. The summed E-state index contributed by atoms with van der Waals surface area (Å²) in [5.41, 5.74) is 7.58. The summed E-state index contributed by atoms with van der Waals surface area (Å²) in [6, 6.07) is 3.67. The Labute approximate surface area is 138 Å². The van der Waals surface area contributed by atoms with Gasteiger partial charge in [0.2, 0.25) is 0 Å². The molecule has 21 heavy (non-hydrogen) atoms. The van der Waals surface area contributed by atoms with Gasteiger partial charge in [0.15, 0.2) is 0 Å². The van der Waals surface area contributed by atoms with Crippen molar-refractivity contribution in [2.75, 3.05) is 6.54 Å². The first kappa shape index (κ1) is 16.6. The molecule has 0 aromatic heterocycles. The van der Waals surface area contributed by atoms with Crippen molar-refractivity contribution in [1.82, 2.24) is 4.90 Å². The highest BCUT2D eigenvalue weighted by Crippen LogP contribution is 2.33. The predicted molar refractivity (Wildman–Crippen MR) is 87.3 cm³/mol. The average molecular weight is 376 g/mol. The molecular weight excluding hydrogens is 356 g/mol. The van der Waals surface area contributed by atoms with Gasteiger partial charge in [-0.05, 0) is 50.5 Å². The van der Waals surface area contributed by atoms with Gasteiger partial charge in [0.05, 0.1) is 6.54 Å². The van der Waals surface area contributed by atoms with Crippen LogP contribution in [0.15, 0.2) is 16.6 Å². The number of carbonyl (C=O) groups excluding carboxylic acids is 1. The molecule has 0 fully saturated rings. The van der Waals surface area contributed by atoms with Crippen molar-refractivity contribution in [2.24, 2.45) is 5.73 Å². The van der Waals surface area contributed by atoms with E-state index in [0.717, 1.165) is 15.6 Å². The highest BCUT2D eigenvalue weighted by atomic mass is 79.9. The van der Waals surface area contributed by atoms with E-state index < -0.39 is 5.60 Å². The van der Waals surface area contributed by atoms with Gasteiger partial charge in [0, 0.05) is 22.1 Å². The van der Waals surface area contributed by atoms with Crippen LogP contribution in [-0.2, 0) is 11.3 Å². The van der Waals surface area contributed by atoms with Crippen LogP contribution in [0.3, 0.4) is 0 Å². The highest BCUT2D eigenvalue weighted by Gasteiger charge is 2.28.